The van der Waals surface area contributed by atoms with Crippen LogP contribution in [-0.4, -0.2) is 22.8 Å². The molecule has 1 heterocycles. The molecular weight excluding hydrogens is 238 g/mol. The molecule has 0 aliphatic rings. The molecule has 0 bridgehead atoms. The van der Waals surface area contributed by atoms with Crippen LogP contribution in [0.2, 0.25) is 5.02 Å². The highest BCUT2D eigenvalue weighted by atomic mass is 35.5. The van der Waals surface area contributed by atoms with Crippen LogP contribution in [0, 0.1) is 0 Å². The van der Waals surface area contributed by atoms with E-state index in [0.29, 0.717) is 10.7 Å². The van der Waals surface area contributed by atoms with Gasteiger partial charge in [-0.2, -0.15) is 5.10 Å². The molecule has 3 nitrogen and oxygen atoms in total. The van der Waals surface area contributed by atoms with Gasteiger partial charge in [0.2, 0.25) is 0 Å². The molecule has 1 atom stereocenters. The molecular formula is C10H15ClF2N2O. The minimum atomic E-state index is -2.46. The normalized spacial score (nSPS) is 13.4. The fraction of sp³-hybridized carbons (Fsp3) is 0.700. The molecule has 0 aliphatic heterocycles. The summed E-state index contributed by atoms with van der Waals surface area (Å²) >= 11 is 5.91. The number of hydrogen-bond acceptors (Lipinski definition) is 2. The van der Waals surface area contributed by atoms with Crippen molar-refractivity contribution in [3.8, 4) is 0 Å². The molecule has 0 aliphatic carbocycles. The van der Waals surface area contributed by atoms with Crippen molar-refractivity contribution < 1.29 is 13.5 Å². The van der Waals surface area contributed by atoms with Gasteiger partial charge in [0.1, 0.15) is 12.3 Å². The highest BCUT2D eigenvalue weighted by molar-refractivity contribution is 6.31. The van der Waals surface area contributed by atoms with Crippen LogP contribution in [0.4, 0.5) is 8.78 Å². The Morgan fingerprint density at radius 2 is 2.25 bits per heavy atom. The fourth-order valence-electron chi connectivity index (χ4n) is 1.16. The van der Waals surface area contributed by atoms with E-state index in [2.05, 4.69) is 5.10 Å². The van der Waals surface area contributed by atoms with E-state index < -0.39 is 13.0 Å². The third kappa shape index (κ3) is 3.72. The average molecular weight is 253 g/mol. The van der Waals surface area contributed by atoms with Crippen LogP contribution in [0.15, 0.2) is 6.20 Å². The zero-order chi connectivity index (χ0) is 12.1. The van der Waals surface area contributed by atoms with E-state index in [4.69, 9.17) is 16.3 Å². The van der Waals surface area contributed by atoms with Crippen LogP contribution in [-0.2, 0) is 11.3 Å². The van der Waals surface area contributed by atoms with Crippen LogP contribution in [0.25, 0.3) is 0 Å². The molecule has 0 fully saturated rings. The Bertz CT molecular complexity index is 331. The van der Waals surface area contributed by atoms with E-state index in [0.717, 1.165) is 6.42 Å². The van der Waals surface area contributed by atoms with Gasteiger partial charge < -0.3 is 4.74 Å². The quantitative estimate of drug-likeness (QED) is 0.777. The molecule has 0 saturated heterocycles. The Kier molecular flexibility index (Phi) is 5.15. The monoisotopic (exact) mass is 252 g/mol. The molecule has 92 valence electrons. The number of nitrogens with zero attached hydrogens (tertiary/aromatic N) is 2. The predicted molar refractivity (Wildman–Crippen MR) is 57.9 cm³/mol. The summed E-state index contributed by atoms with van der Waals surface area (Å²) in [4.78, 5) is 0. The van der Waals surface area contributed by atoms with E-state index in [1.165, 1.54) is 0 Å². The van der Waals surface area contributed by atoms with Crippen LogP contribution < -0.4 is 0 Å². The van der Waals surface area contributed by atoms with E-state index >= 15 is 0 Å². The zero-order valence-electron chi connectivity index (χ0n) is 9.29. The van der Waals surface area contributed by atoms with Crippen molar-refractivity contribution in [3.63, 3.8) is 0 Å². The second-order valence-electron chi connectivity index (χ2n) is 3.57. The lowest BCUT2D eigenvalue weighted by Gasteiger charge is -2.07. The van der Waals surface area contributed by atoms with Gasteiger partial charge in [-0.1, -0.05) is 18.5 Å². The Balaban J connectivity index is 2.56. The van der Waals surface area contributed by atoms with Crippen molar-refractivity contribution in [2.24, 2.45) is 0 Å². The number of ether oxygens (including phenoxy) is 1. The maximum Gasteiger partial charge on any atom is 0.261 e. The maximum absolute atomic E-state index is 11.8. The SMILES string of the molecule is CCC(C)n1cc(Cl)c(COCC(F)F)n1. The predicted octanol–water partition coefficient (Wildman–Crippen LogP) is 3.29. The molecule has 0 saturated carbocycles. The van der Waals surface area contributed by atoms with Crippen LogP contribution in [0.1, 0.15) is 32.0 Å². The van der Waals surface area contributed by atoms with E-state index in [1.54, 1.807) is 10.9 Å². The summed E-state index contributed by atoms with van der Waals surface area (Å²) in [7, 11) is 0. The Morgan fingerprint density at radius 3 is 2.81 bits per heavy atom. The topological polar surface area (TPSA) is 27.1 Å². The Morgan fingerprint density at radius 1 is 1.56 bits per heavy atom. The largest absolute Gasteiger partial charge is 0.369 e. The van der Waals surface area contributed by atoms with Gasteiger partial charge in [0.05, 0.1) is 11.6 Å². The first kappa shape index (κ1) is 13.4. The first-order valence-corrected chi connectivity index (χ1v) is 5.51. The standard InChI is InChI=1S/C10H15ClF2N2O/c1-3-7(2)15-4-8(11)9(14-15)5-16-6-10(12)13/h4,7,10H,3,5-6H2,1-2H3. The molecule has 0 amide bonds. The van der Waals surface area contributed by atoms with Crippen molar-refractivity contribution in [1.29, 1.82) is 0 Å². The molecule has 0 aromatic carbocycles. The molecule has 0 spiro atoms. The van der Waals surface area contributed by atoms with Crippen molar-refractivity contribution in [2.75, 3.05) is 6.61 Å². The second-order valence-corrected chi connectivity index (χ2v) is 3.97. The highest BCUT2D eigenvalue weighted by Crippen LogP contribution is 2.19. The summed E-state index contributed by atoms with van der Waals surface area (Å²) < 4.78 is 30.2. The summed E-state index contributed by atoms with van der Waals surface area (Å²) in [6.45, 7) is 3.47. The van der Waals surface area contributed by atoms with Gasteiger partial charge in [-0.15, -0.1) is 0 Å². The summed E-state index contributed by atoms with van der Waals surface area (Å²) in [5, 5.41) is 4.65. The van der Waals surface area contributed by atoms with E-state index in [-0.39, 0.29) is 12.6 Å². The van der Waals surface area contributed by atoms with Crippen LogP contribution in [0.3, 0.4) is 0 Å². The van der Waals surface area contributed by atoms with Gasteiger partial charge in [-0.25, -0.2) is 8.78 Å². The minimum absolute atomic E-state index is 0.0204. The lowest BCUT2D eigenvalue weighted by Crippen LogP contribution is -2.07. The lowest BCUT2D eigenvalue weighted by molar-refractivity contribution is 0.00866. The fourth-order valence-corrected chi connectivity index (χ4v) is 1.35. The van der Waals surface area contributed by atoms with E-state index in [9.17, 15) is 8.78 Å². The second kappa shape index (κ2) is 6.15. The maximum atomic E-state index is 11.8. The molecule has 16 heavy (non-hydrogen) atoms. The Hall–Kier alpha value is -0.680. The lowest BCUT2D eigenvalue weighted by atomic mass is 10.3. The van der Waals surface area contributed by atoms with Gasteiger partial charge in [0.15, 0.2) is 0 Å². The van der Waals surface area contributed by atoms with Crippen molar-refractivity contribution in [2.45, 2.75) is 39.3 Å². The smallest absolute Gasteiger partial charge is 0.261 e. The molecule has 0 N–H and O–H groups in total. The molecule has 1 aromatic heterocycles. The third-order valence-corrected chi connectivity index (χ3v) is 2.60. The molecule has 1 rings (SSSR count). The van der Waals surface area contributed by atoms with Gasteiger partial charge >= 0.3 is 0 Å². The van der Waals surface area contributed by atoms with Gasteiger partial charge in [-0.05, 0) is 13.3 Å². The number of alkyl halides is 2. The van der Waals surface area contributed by atoms with Crippen molar-refractivity contribution in [3.05, 3.63) is 16.9 Å². The molecule has 0 radical (unpaired) electrons. The van der Waals surface area contributed by atoms with Crippen LogP contribution in [0.5, 0.6) is 0 Å². The van der Waals surface area contributed by atoms with Crippen molar-refractivity contribution >= 4 is 11.6 Å². The number of aromatic nitrogens is 2. The first-order chi connectivity index (χ1) is 7.54. The van der Waals surface area contributed by atoms with Crippen molar-refractivity contribution in [1.82, 2.24) is 9.78 Å². The molecule has 1 unspecified atom stereocenters. The molecule has 1 aromatic rings. The summed E-state index contributed by atoms with van der Waals surface area (Å²) in [6.07, 6.45) is 0.155. The summed E-state index contributed by atoms with van der Waals surface area (Å²) in [5.41, 5.74) is 0.502. The summed E-state index contributed by atoms with van der Waals surface area (Å²) in [5.74, 6) is 0. The van der Waals surface area contributed by atoms with Gasteiger partial charge in [-0.3, -0.25) is 4.68 Å². The number of hydrogen-bond donors (Lipinski definition) is 0. The van der Waals surface area contributed by atoms with E-state index in [1.807, 2.05) is 13.8 Å². The van der Waals surface area contributed by atoms with Crippen LogP contribution >= 0.6 is 11.6 Å². The molecule has 6 heteroatoms. The third-order valence-electron chi connectivity index (χ3n) is 2.28. The average Bonchev–Trinajstić information content (AvgIpc) is 2.59. The van der Waals surface area contributed by atoms with Gasteiger partial charge in [0.25, 0.3) is 6.43 Å². The number of halogens is 3. The minimum Gasteiger partial charge on any atom is -0.369 e. The highest BCUT2D eigenvalue weighted by Gasteiger charge is 2.11. The van der Waals surface area contributed by atoms with Gasteiger partial charge in [0, 0.05) is 12.2 Å². The number of rotatable bonds is 6. The summed E-state index contributed by atoms with van der Waals surface area (Å²) in [6, 6.07) is 0.237. The first-order valence-electron chi connectivity index (χ1n) is 5.14. The Labute approximate surface area is 98.3 Å². The zero-order valence-corrected chi connectivity index (χ0v) is 10.0.